The Morgan fingerprint density at radius 2 is 1.86 bits per heavy atom. The number of rotatable bonds is 5. The van der Waals surface area contributed by atoms with Gasteiger partial charge in [0.15, 0.2) is 11.5 Å². The van der Waals surface area contributed by atoms with E-state index in [0.29, 0.717) is 29.4 Å². The molecular weight excluding hydrogens is 631 g/mol. The molecule has 2 aromatic rings. The quantitative estimate of drug-likeness (QED) is 0.331. The first kappa shape index (κ1) is 28.9. The van der Waals surface area contributed by atoms with Gasteiger partial charge < -0.3 is 9.84 Å². The van der Waals surface area contributed by atoms with E-state index in [-0.39, 0.29) is 40.4 Å². The Hall–Kier alpha value is -3.24. The number of anilines is 1. The van der Waals surface area contributed by atoms with E-state index in [1.54, 1.807) is 19.1 Å². The van der Waals surface area contributed by atoms with Crippen LogP contribution in [0.3, 0.4) is 0 Å². The van der Waals surface area contributed by atoms with E-state index in [4.69, 9.17) is 16.3 Å². The number of hydrogen-bond donors (Lipinski definition) is 1. The average Bonchev–Trinajstić information content (AvgIpc) is 3.31. The van der Waals surface area contributed by atoms with Gasteiger partial charge in [0.2, 0.25) is 23.6 Å². The van der Waals surface area contributed by atoms with Crippen molar-refractivity contribution in [3.05, 3.63) is 62.9 Å². The minimum Gasteiger partial charge on any atom is -0.503 e. The number of imide groups is 2. The smallest absolute Gasteiger partial charge is 0.241 e. The van der Waals surface area contributed by atoms with E-state index in [9.17, 15) is 28.7 Å². The van der Waals surface area contributed by atoms with Gasteiger partial charge in [0.1, 0.15) is 5.82 Å². The van der Waals surface area contributed by atoms with Crippen LogP contribution < -0.4 is 9.64 Å². The maximum atomic E-state index is 14.4. The number of carbonyl (C=O) groups excluding carboxylic acids is 4. The zero-order chi connectivity index (χ0) is 30.2. The molecule has 42 heavy (non-hydrogen) atoms. The second kappa shape index (κ2) is 10.2. The van der Waals surface area contributed by atoms with Gasteiger partial charge in [0.05, 0.1) is 45.5 Å². The maximum absolute atomic E-state index is 14.4. The van der Waals surface area contributed by atoms with Crippen molar-refractivity contribution in [1.29, 1.82) is 0 Å². The normalized spacial score (nSPS) is 30.3. The highest BCUT2D eigenvalue weighted by Gasteiger charge is 2.67. The number of nitrogens with zero attached hydrogens (tertiary/aromatic N) is 2. The molecule has 0 aromatic heterocycles. The highest BCUT2D eigenvalue weighted by molar-refractivity contribution is 9.10. The van der Waals surface area contributed by atoms with Gasteiger partial charge in [-0.25, -0.2) is 9.29 Å². The van der Waals surface area contributed by atoms with E-state index < -0.39 is 52.6 Å². The van der Waals surface area contributed by atoms with Crippen molar-refractivity contribution in [2.75, 3.05) is 18.6 Å². The number of phenols is 1. The number of fused-ring (bicyclic) bond motifs is 4. The molecule has 2 aliphatic carbocycles. The largest absolute Gasteiger partial charge is 0.503 e. The molecule has 11 heteroatoms. The number of carbonyl (C=O) groups is 4. The molecule has 8 nitrogen and oxygen atoms in total. The number of hydrogen-bond acceptors (Lipinski definition) is 6. The summed E-state index contributed by atoms with van der Waals surface area (Å²) in [6.07, 6.45) is 3.13. The van der Waals surface area contributed by atoms with Gasteiger partial charge in [0.25, 0.3) is 0 Å². The van der Waals surface area contributed by atoms with Crippen molar-refractivity contribution in [2.45, 2.75) is 39.0 Å². The summed E-state index contributed by atoms with van der Waals surface area (Å²) in [5.41, 5.74) is 0.282. The number of halogens is 3. The molecule has 4 amide bonds. The van der Waals surface area contributed by atoms with Crippen LogP contribution in [0.2, 0.25) is 5.02 Å². The van der Waals surface area contributed by atoms with E-state index in [0.717, 1.165) is 16.5 Å². The summed E-state index contributed by atoms with van der Waals surface area (Å²) in [5, 5.41) is 10.3. The Morgan fingerprint density at radius 3 is 2.52 bits per heavy atom. The third-order valence-corrected chi connectivity index (χ3v) is 10.5. The Kier molecular flexibility index (Phi) is 7.00. The Balaban J connectivity index is 1.54. The topological polar surface area (TPSA) is 104 Å². The van der Waals surface area contributed by atoms with Crippen LogP contribution in [0.1, 0.15) is 44.6 Å². The molecular formula is C31H29BrClFN2O6. The molecule has 2 aromatic carbocycles. The van der Waals surface area contributed by atoms with Crippen LogP contribution in [0.5, 0.6) is 11.5 Å². The van der Waals surface area contributed by atoms with Gasteiger partial charge in [-0.05, 0) is 83.9 Å². The molecule has 6 rings (SSSR count). The van der Waals surface area contributed by atoms with E-state index >= 15 is 0 Å². The molecule has 1 N–H and O–H groups in total. The van der Waals surface area contributed by atoms with Crippen molar-refractivity contribution in [2.24, 2.45) is 29.1 Å². The van der Waals surface area contributed by atoms with Crippen LogP contribution in [0.15, 0.2) is 46.5 Å². The second-order valence-corrected chi connectivity index (χ2v) is 12.9. The fraction of sp³-hybridized carbons (Fsp3) is 0.419. The Bertz CT molecular complexity index is 1600. The summed E-state index contributed by atoms with van der Waals surface area (Å²) in [4.78, 5) is 58.0. The zero-order valence-electron chi connectivity index (χ0n) is 23.2. The molecule has 0 spiro atoms. The van der Waals surface area contributed by atoms with Crippen LogP contribution in [0.25, 0.3) is 0 Å². The van der Waals surface area contributed by atoms with Crippen LogP contribution in [-0.2, 0) is 19.2 Å². The third-order valence-electron chi connectivity index (χ3n) is 9.58. The van der Waals surface area contributed by atoms with Crippen molar-refractivity contribution >= 4 is 56.8 Å². The highest BCUT2D eigenvalue weighted by Crippen LogP contribution is 2.64. The van der Waals surface area contributed by atoms with Crippen LogP contribution >= 0.6 is 27.5 Å². The van der Waals surface area contributed by atoms with Gasteiger partial charge >= 0.3 is 0 Å². The summed E-state index contributed by atoms with van der Waals surface area (Å²) in [5.74, 6) is -5.16. The van der Waals surface area contributed by atoms with E-state index in [2.05, 4.69) is 15.9 Å². The van der Waals surface area contributed by atoms with Gasteiger partial charge in [-0.2, -0.15) is 0 Å². The lowest BCUT2D eigenvalue weighted by Crippen LogP contribution is -2.48. The number of allylic oxidation sites excluding steroid dienone is 2. The Morgan fingerprint density at radius 1 is 1.12 bits per heavy atom. The molecule has 2 saturated heterocycles. The van der Waals surface area contributed by atoms with E-state index in [1.165, 1.54) is 24.1 Å². The monoisotopic (exact) mass is 658 g/mol. The molecule has 6 unspecified atom stereocenters. The molecule has 1 saturated carbocycles. The highest BCUT2D eigenvalue weighted by atomic mass is 79.9. The number of amides is 4. The molecule has 2 aliphatic heterocycles. The number of ether oxygens (including phenoxy) is 1. The SMILES string of the molecule is CCCN1C(=O)C2CC=C3C(CC4C(=O)N(c5ccc(F)c(Cl)c5)C(=O)C4(C)C3c3cc(Br)c(O)c(OC)c3)C2C1=O. The van der Waals surface area contributed by atoms with Gasteiger partial charge in [0, 0.05) is 12.5 Å². The molecule has 6 atom stereocenters. The lowest BCUT2D eigenvalue weighted by molar-refractivity contribution is -0.140. The number of benzene rings is 2. The second-order valence-electron chi connectivity index (χ2n) is 11.6. The van der Waals surface area contributed by atoms with Crippen molar-refractivity contribution in [1.82, 2.24) is 4.90 Å². The maximum Gasteiger partial charge on any atom is 0.241 e. The number of methoxy groups -OCH3 is 1. The van der Waals surface area contributed by atoms with Crippen molar-refractivity contribution in [3.8, 4) is 11.5 Å². The third kappa shape index (κ3) is 3.90. The molecule has 0 bridgehead atoms. The first-order valence-electron chi connectivity index (χ1n) is 13.9. The Labute approximate surface area is 255 Å². The predicted octanol–water partition coefficient (Wildman–Crippen LogP) is 5.60. The number of phenolic OH excluding ortho intramolecular Hbond substituents is 1. The van der Waals surface area contributed by atoms with Crippen molar-refractivity contribution in [3.63, 3.8) is 0 Å². The molecule has 0 radical (unpaired) electrons. The van der Waals surface area contributed by atoms with Crippen LogP contribution in [0.4, 0.5) is 10.1 Å². The van der Waals surface area contributed by atoms with Crippen LogP contribution in [-0.4, -0.2) is 47.3 Å². The first-order valence-corrected chi connectivity index (χ1v) is 15.1. The van der Waals surface area contributed by atoms with Crippen LogP contribution in [0, 0.1) is 34.9 Å². The lowest BCUT2D eigenvalue weighted by Gasteiger charge is -2.49. The standard InChI is InChI=1S/C31H29BrClFN2O6/c1-4-9-35-27(38)17-7-6-16-18(24(17)29(35)40)13-19-28(39)36(15-5-8-22(34)21(33)12-15)30(41)31(19,2)25(16)14-10-20(32)26(37)23(11-14)42-3/h5-6,8,10-12,17-19,24-25,37H,4,7,9,13H2,1-3H3. The summed E-state index contributed by atoms with van der Waals surface area (Å²) in [6, 6.07) is 7.05. The van der Waals surface area contributed by atoms with Gasteiger partial charge in [-0.1, -0.05) is 30.2 Å². The first-order chi connectivity index (χ1) is 19.9. The lowest BCUT2D eigenvalue weighted by atomic mass is 9.51. The molecule has 4 aliphatic rings. The summed E-state index contributed by atoms with van der Waals surface area (Å²) >= 11 is 9.44. The summed E-state index contributed by atoms with van der Waals surface area (Å²) in [7, 11) is 1.42. The number of likely N-dealkylation sites (tertiary alicyclic amines) is 1. The molecule has 220 valence electrons. The minimum absolute atomic E-state index is 0.115. The van der Waals surface area contributed by atoms with E-state index in [1.807, 2.05) is 13.0 Å². The molecule has 3 fully saturated rings. The fourth-order valence-electron chi connectivity index (χ4n) is 7.69. The zero-order valence-corrected chi connectivity index (χ0v) is 25.5. The summed E-state index contributed by atoms with van der Waals surface area (Å²) in [6.45, 7) is 3.98. The predicted molar refractivity (Wildman–Crippen MR) is 155 cm³/mol. The number of aromatic hydroxyl groups is 1. The van der Waals surface area contributed by atoms with Gasteiger partial charge in [-0.15, -0.1) is 0 Å². The minimum atomic E-state index is -1.30. The summed E-state index contributed by atoms with van der Waals surface area (Å²) < 4.78 is 19.8. The van der Waals surface area contributed by atoms with Crippen molar-refractivity contribution < 1.29 is 33.4 Å². The van der Waals surface area contributed by atoms with Gasteiger partial charge in [-0.3, -0.25) is 24.1 Å². The average molecular weight is 660 g/mol. The molecule has 2 heterocycles. The fourth-order valence-corrected chi connectivity index (χ4v) is 8.33.